The molecule has 0 heterocycles. The highest BCUT2D eigenvalue weighted by atomic mass is 31.2. The summed E-state index contributed by atoms with van der Waals surface area (Å²) in [5, 5.41) is 0. The Kier molecular flexibility index (Phi) is 47.2. The van der Waals surface area contributed by atoms with E-state index in [1.54, 1.807) is 0 Å². The van der Waals surface area contributed by atoms with Crippen LogP contribution in [0.5, 0.6) is 0 Å². The van der Waals surface area contributed by atoms with Gasteiger partial charge in [-0.2, -0.15) is 0 Å². The molecule has 61 heavy (non-hydrogen) atoms. The lowest BCUT2D eigenvalue weighted by molar-refractivity contribution is -0.161. The van der Waals surface area contributed by atoms with Crippen LogP contribution in [0.2, 0.25) is 0 Å². The molecular weight excluding hydrogens is 786 g/mol. The van der Waals surface area contributed by atoms with Crippen molar-refractivity contribution in [1.82, 2.24) is 0 Å². The van der Waals surface area contributed by atoms with Crippen LogP contribution in [-0.2, 0) is 32.7 Å². The van der Waals surface area contributed by atoms with E-state index in [0.717, 1.165) is 51.4 Å². The van der Waals surface area contributed by atoms with Gasteiger partial charge in [-0.25, -0.2) is 4.57 Å². The largest absolute Gasteiger partial charge is 0.472 e. The molecule has 0 aliphatic heterocycles. The molecule has 9 nitrogen and oxygen atoms in total. The predicted octanol–water partition coefficient (Wildman–Crippen LogP) is 15.7. The lowest BCUT2D eigenvalue weighted by Gasteiger charge is -2.19. The fraction of sp³-hybridized carbons (Fsp3) is 0.922. The Bertz CT molecular complexity index is 1010. The van der Waals surface area contributed by atoms with E-state index in [1.165, 1.54) is 186 Å². The number of carbonyl (C=O) groups excluding carboxylic acids is 2. The van der Waals surface area contributed by atoms with E-state index in [4.69, 9.17) is 24.3 Å². The number of unbranched alkanes of at least 4 members (excludes halogenated alkanes) is 35. The summed E-state index contributed by atoms with van der Waals surface area (Å²) in [6.45, 7) is 3.77. The molecule has 0 aromatic carbocycles. The number of phosphoric ester groups is 1. The highest BCUT2D eigenvalue weighted by Crippen LogP contribution is 2.43. The maximum absolute atomic E-state index is 12.6. The van der Waals surface area contributed by atoms with E-state index < -0.39 is 26.5 Å². The van der Waals surface area contributed by atoms with E-state index >= 15 is 0 Å². The summed E-state index contributed by atoms with van der Waals surface area (Å²) in [5.74, 6) is -0.823. The van der Waals surface area contributed by atoms with Gasteiger partial charge in [-0.3, -0.25) is 18.6 Å². The van der Waals surface area contributed by atoms with Crippen LogP contribution in [-0.4, -0.2) is 49.3 Å². The Balaban J connectivity index is 3.91. The number of hydrogen-bond donors (Lipinski definition) is 2. The second-order valence-electron chi connectivity index (χ2n) is 17.8. The molecule has 10 heteroatoms. The van der Waals surface area contributed by atoms with Crippen LogP contribution in [0, 0.1) is 0 Å². The molecule has 0 amide bonds. The van der Waals surface area contributed by atoms with E-state index in [2.05, 4.69) is 26.0 Å². The van der Waals surface area contributed by atoms with Crippen LogP contribution in [0.15, 0.2) is 12.2 Å². The zero-order valence-electron chi connectivity index (χ0n) is 40.2. The number of ether oxygens (including phenoxy) is 2. The van der Waals surface area contributed by atoms with Crippen molar-refractivity contribution < 1.29 is 37.6 Å². The zero-order valence-corrected chi connectivity index (χ0v) is 41.1. The van der Waals surface area contributed by atoms with Crippen molar-refractivity contribution >= 4 is 19.8 Å². The number of hydrogen-bond acceptors (Lipinski definition) is 8. The smallest absolute Gasteiger partial charge is 0.462 e. The first-order valence-corrected chi connectivity index (χ1v) is 27.7. The molecule has 2 atom stereocenters. The number of carbonyl (C=O) groups is 2. The maximum atomic E-state index is 12.6. The third-order valence-corrected chi connectivity index (χ3v) is 12.6. The molecule has 362 valence electrons. The van der Waals surface area contributed by atoms with Gasteiger partial charge < -0.3 is 20.1 Å². The monoisotopic (exact) mass is 886 g/mol. The summed E-state index contributed by atoms with van der Waals surface area (Å²) in [6, 6.07) is 0. The molecule has 0 aliphatic carbocycles. The molecule has 0 radical (unpaired) electrons. The van der Waals surface area contributed by atoms with Crippen molar-refractivity contribution in [2.45, 2.75) is 277 Å². The highest BCUT2D eigenvalue weighted by Gasteiger charge is 2.26. The normalized spacial score (nSPS) is 13.2. The van der Waals surface area contributed by atoms with Gasteiger partial charge in [0.1, 0.15) is 6.61 Å². The summed E-state index contributed by atoms with van der Waals surface area (Å²) >= 11 is 0. The lowest BCUT2D eigenvalue weighted by atomic mass is 10.0. The van der Waals surface area contributed by atoms with Gasteiger partial charge in [0.15, 0.2) is 6.10 Å². The molecule has 0 aromatic heterocycles. The molecular formula is C51H100NO8P. The average Bonchev–Trinajstić information content (AvgIpc) is 3.25. The lowest BCUT2D eigenvalue weighted by Crippen LogP contribution is -2.29. The van der Waals surface area contributed by atoms with Gasteiger partial charge in [-0.1, -0.05) is 231 Å². The Hall–Kier alpha value is -1.25. The van der Waals surface area contributed by atoms with Gasteiger partial charge in [-0.05, 0) is 38.5 Å². The van der Waals surface area contributed by atoms with Crippen LogP contribution in [0.3, 0.4) is 0 Å². The first-order chi connectivity index (χ1) is 29.8. The minimum atomic E-state index is -4.38. The van der Waals surface area contributed by atoms with Gasteiger partial charge in [0.05, 0.1) is 13.2 Å². The van der Waals surface area contributed by atoms with Crippen molar-refractivity contribution in [3.8, 4) is 0 Å². The topological polar surface area (TPSA) is 134 Å². The number of esters is 2. The second-order valence-corrected chi connectivity index (χ2v) is 19.2. The average molecular weight is 886 g/mol. The summed E-state index contributed by atoms with van der Waals surface area (Å²) < 4.78 is 32.9. The molecule has 0 fully saturated rings. The minimum Gasteiger partial charge on any atom is -0.462 e. The summed E-state index contributed by atoms with van der Waals surface area (Å²) in [5.41, 5.74) is 5.36. The molecule has 0 saturated carbocycles. The fourth-order valence-corrected chi connectivity index (χ4v) is 8.52. The number of allylic oxidation sites excluding steroid dienone is 2. The number of rotatable bonds is 50. The van der Waals surface area contributed by atoms with E-state index in [9.17, 15) is 19.0 Å². The van der Waals surface area contributed by atoms with Gasteiger partial charge in [0.2, 0.25) is 0 Å². The molecule has 2 unspecified atom stereocenters. The number of nitrogens with two attached hydrogens (primary N) is 1. The molecule has 3 N–H and O–H groups in total. The minimum absolute atomic E-state index is 0.0550. The summed E-state index contributed by atoms with van der Waals surface area (Å²) in [4.78, 5) is 35.0. The molecule has 0 aliphatic rings. The maximum Gasteiger partial charge on any atom is 0.472 e. The van der Waals surface area contributed by atoms with Crippen LogP contribution < -0.4 is 5.73 Å². The quantitative estimate of drug-likeness (QED) is 0.0265. The Morgan fingerprint density at radius 3 is 1.16 bits per heavy atom. The van der Waals surface area contributed by atoms with Gasteiger partial charge in [0, 0.05) is 19.4 Å². The molecule has 0 rings (SSSR count). The Labute approximate surface area is 377 Å². The van der Waals surface area contributed by atoms with Crippen LogP contribution in [0.4, 0.5) is 0 Å². The molecule has 0 spiro atoms. The van der Waals surface area contributed by atoms with Crippen molar-refractivity contribution in [3.05, 3.63) is 12.2 Å². The van der Waals surface area contributed by atoms with Gasteiger partial charge >= 0.3 is 19.8 Å². The first-order valence-electron chi connectivity index (χ1n) is 26.2. The molecule has 0 bridgehead atoms. The first kappa shape index (κ1) is 59.8. The Morgan fingerprint density at radius 1 is 0.475 bits per heavy atom. The second kappa shape index (κ2) is 48.2. The number of phosphoric acid groups is 1. The standard InChI is InChI=1S/C51H100NO8P/c1-3-5-7-9-11-13-15-17-19-20-21-22-23-24-25-26-27-28-29-30-32-33-35-37-39-41-43-50(53)57-47-49(48-59-61(55,56)58-46-45-52)60-51(54)44-42-40-38-36-34-31-18-16-14-12-10-8-6-4-2/h16,18,49H,3-15,17,19-48,52H2,1-2H3,(H,55,56)/b18-16-. The third-order valence-electron chi connectivity index (χ3n) is 11.7. The van der Waals surface area contributed by atoms with Crippen molar-refractivity contribution in [2.75, 3.05) is 26.4 Å². The van der Waals surface area contributed by atoms with E-state index in [1.807, 2.05) is 0 Å². The molecule has 0 aromatic rings. The van der Waals surface area contributed by atoms with Crippen molar-refractivity contribution in [1.29, 1.82) is 0 Å². The third kappa shape index (κ3) is 48.1. The van der Waals surface area contributed by atoms with E-state index in [0.29, 0.717) is 6.42 Å². The summed E-state index contributed by atoms with van der Waals surface area (Å²) in [7, 11) is -4.38. The fourth-order valence-electron chi connectivity index (χ4n) is 7.75. The van der Waals surface area contributed by atoms with Gasteiger partial charge in [-0.15, -0.1) is 0 Å². The van der Waals surface area contributed by atoms with Crippen molar-refractivity contribution in [3.63, 3.8) is 0 Å². The summed E-state index contributed by atoms with van der Waals surface area (Å²) in [6.07, 6.45) is 52.7. The van der Waals surface area contributed by atoms with Crippen LogP contribution >= 0.6 is 7.82 Å². The van der Waals surface area contributed by atoms with E-state index in [-0.39, 0.29) is 38.6 Å². The van der Waals surface area contributed by atoms with Crippen molar-refractivity contribution in [2.24, 2.45) is 5.73 Å². The zero-order chi connectivity index (χ0) is 44.6. The highest BCUT2D eigenvalue weighted by molar-refractivity contribution is 7.47. The predicted molar refractivity (Wildman–Crippen MR) is 257 cm³/mol. The van der Waals surface area contributed by atoms with Crippen LogP contribution in [0.25, 0.3) is 0 Å². The molecule has 0 saturated heterocycles. The van der Waals surface area contributed by atoms with Crippen LogP contribution in [0.1, 0.15) is 271 Å². The Morgan fingerprint density at radius 2 is 0.803 bits per heavy atom. The SMILES string of the molecule is CCCCCCC/C=C\CCCCCCCC(=O)OC(COC(=O)CCCCCCCCCCCCCCCCCCCCCCCCCCCC)COP(=O)(O)OCCN. The van der Waals surface area contributed by atoms with Gasteiger partial charge in [0.25, 0.3) is 0 Å².